The Kier molecular flexibility index (Phi) is 3.56. The minimum absolute atomic E-state index is 0.342. The summed E-state index contributed by atoms with van der Waals surface area (Å²) >= 11 is 0. The Morgan fingerprint density at radius 2 is 2.07 bits per heavy atom. The van der Waals surface area contributed by atoms with Crippen LogP contribution >= 0.6 is 0 Å². The fourth-order valence-corrected chi connectivity index (χ4v) is 1.03. The van der Waals surface area contributed by atoms with Crippen molar-refractivity contribution in [3.05, 3.63) is 29.8 Å². The third-order valence-electron chi connectivity index (χ3n) is 1.68. The summed E-state index contributed by atoms with van der Waals surface area (Å²) in [7, 11) is 0. The van der Waals surface area contributed by atoms with Gasteiger partial charge in [-0.25, -0.2) is 13.8 Å². The minimum atomic E-state index is -0.907. The molecule has 0 amide bonds. The van der Waals surface area contributed by atoms with Crippen LogP contribution in [0.4, 0.5) is 14.5 Å². The highest BCUT2D eigenvalue weighted by Gasteiger charge is 2.01. The minimum Gasteiger partial charge on any atom is -0.387 e. The summed E-state index contributed by atoms with van der Waals surface area (Å²) in [5.41, 5.74) is 5.88. The third kappa shape index (κ3) is 2.80. The van der Waals surface area contributed by atoms with Gasteiger partial charge in [-0.2, -0.15) is 0 Å². The highest BCUT2D eigenvalue weighted by atomic mass is 19.2. The fourth-order valence-electron chi connectivity index (χ4n) is 1.03. The number of halogens is 2. The van der Waals surface area contributed by atoms with E-state index in [1.165, 1.54) is 6.07 Å². The Labute approximate surface area is 81.5 Å². The second-order valence-electron chi connectivity index (χ2n) is 2.95. The molecule has 0 unspecified atom stereocenters. The van der Waals surface area contributed by atoms with Crippen LogP contribution in [-0.2, 0) is 0 Å². The maximum Gasteiger partial charge on any atom is 0.160 e. The first-order valence-electron chi connectivity index (χ1n) is 4.41. The molecule has 1 aromatic rings. The fraction of sp³-hybridized carbons (Fsp3) is 0.300. The molecule has 0 saturated carbocycles. The molecule has 76 valence electrons. The van der Waals surface area contributed by atoms with Crippen molar-refractivity contribution in [3.8, 4) is 0 Å². The summed E-state index contributed by atoms with van der Waals surface area (Å²) < 4.78 is 25.3. The lowest BCUT2D eigenvalue weighted by Gasteiger charge is -1.99. The lowest BCUT2D eigenvalue weighted by Crippen LogP contribution is -2.09. The molecule has 0 heterocycles. The van der Waals surface area contributed by atoms with Crippen LogP contribution in [0.3, 0.4) is 0 Å². The normalized spacial score (nSPS) is 11.8. The average molecular weight is 198 g/mol. The number of aliphatic imine (C=N–C) groups is 1. The molecule has 4 heteroatoms. The van der Waals surface area contributed by atoms with Crippen LogP contribution in [-0.4, -0.2) is 5.84 Å². The second kappa shape index (κ2) is 4.69. The van der Waals surface area contributed by atoms with Crippen molar-refractivity contribution in [2.75, 3.05) is 0 Å². The smallest absolute Gasteiger partial charge is 0.160 e. The zero-order valence-corrected chi connectivity index (χ0v) is 7.93. The molecule has 14 heavy (non-hydrogen) atoms. The lowest BCUT2D eigenvalue weighted by atomic mass is 10.3. The van der Waals surface area contributed by atoms with Crippen molar-refractivity contribution >= 4 is 11.5 Å². The van der Waals surface area contributed by atoms with Crippen molar-refractivity contribution in [1.29, 1.82) is 0 Å². The average Bonchev–Trinajstić information content (AvgIpc) is 2.12. The number of hydrogen-bond donors (Lipinski definition) is 1. The lowest BCUT2D eigenvalue weighted by molar-refractivity contribution is 0.509. The number of nitrogens with two attached hydrogens (primary N) is 1. The van der Waals surface area contributed by atoms with Gasteiger partial charge in [0.2, 0.25) is 0 Å². The largest absolute Gasteiger partial charge is 0.387 e. The summed E-state index contributed by atoms with van der Waals surface area (Å²) in [5, 5.41) is 0. The van der Waals surface area contributed by atoms with Gasteiger partial charge < -0.3 is 5.73 Å². The van der Waals surface area contributed by atoms with E-state index in [0.717, 1.165) is 18.6 Å². The molecule has 0 aliphatic rings. The number of hydrogen-bond acceptors (Lipinski definition) is 1. The summed E-state index contributed by atoms with van der Waals surface area (Å²) in [6, 6.07) is 3.45. The molecular formula is C10H12F2N2. The maximum absolute atomic E-state index is 12.7. The van der Waals surface area contributed by atoms with E-state index in [2.05, 4.69) is 4.99 Å². The molecule has 0 spiro atoms. The molecule has 0 fully saturated rings. The zero-order chi connectivity index (χ0) is 10.6. The summed E-state index contributed by atoms with van der Waals surface area (Å²) in [6.07, 6.45) is 1.53. The Morgan fingerprint density at radius 3 is 2.64 bits per heavy atom. The molecule has 1 rings (SSSR count). The quantitative estimate of drug-likeness (QED) is 0.588. The Bertz CT molecular complexity index is 348. The molecule has 0 saturated heterocycles. The molecule has 2 nitrogen and oxygen atoms in total. The van der Waals surface area contributed by atoms with Crippen molar-refractivity contribution in [3.63, 3.8) is 0 Å². The van der Waals surface area contributed by atoms with Crippen molar-refractivity contribution in [2.24, 2.45) is 10.7 Å². The number of benzene rings is 1. The van der Waals surface area contributed by atoms with Crippen LogP contribution in [0.2, 0.25) is 0 Å². The van der Waals surface area contributed by atoms with E-state index in [9.17, 15) is 8.78 Å². The van der Waals surface area contributed by atoms with Gasteiger partial charge >= 0.3 is 0 Å². The highest BCUT2D eigenvalue weighted by molar-refractivity contribution is 5.82. The van der Waals surface area contributed by atoms with Gasteiger partial charge in [0.25, 0.3) is 0 Å². The van der Waals surface area contributed by atoms with Crippen LogP contribution in [0.5, 0.6) is 0 Å². The predicted octanol–water partition coefficient (Wildman–Crippen LogP) is 2.75. The molecule has 0 bridgehead atoms. The maximum atomic E-state index is 12.7. The first kappa shape index (κ1) is 10.6. The van der Waals surface area contributed by atoms with Crippen molar-refractivity contribution in [1.82, 2.24) is 0 Å². The van der Waals surface area contributed by atoms with Crippen LogP contribution in [0.25, 0.3) is 0 Å². The van der Waals surface area contributed by atoms with Gasteiger partial charge in [-0.1, -0.05) is 6.92 Å². The van der Waals surface area contributed by atoms with E-state index in [4.69, 9.17) is 5.73 Å². The monoisotopic (exact) mass is 198 g/mol. The number of amidine groups is 1. The molecular weight excluding hydrogens is 186 g/mol. The van der Waals surface area contributed by atoms with Gasteiger partial charge in [0.05, 0.1) is 11.5 Å². The standard InChI is InChI=1S/C10H12F2N2/c1-2-3-10(13)14-7-4-5-8(11)9(12)6-7/h4-6H,2-3H2,1H3,(H2,13,14). The summed E-state index contributed by atoms with van der Waals surface area (Å²) in [6.45, 7) is 1.97. The van der Waals surface area contributed by atoms with Crippen molar-refractivity contribution in [2.45, 2.75) is 19.8 Å². The van der Waals surface area contributed by atoms with Gasteiger partial charge in [0.1, 0.15) is 0 Å². The van der Waals surface area contributed by atoms with Crippen molar-refractivity contribution < 1.29 is 8.78 Å². The first-order chi connectivity index (χ1) is 6.63. The zero-order valence-electron chi connectivity index (χ0n) is 7.93. The van der Waals surface area contributed by atoms with Gasteiger partial charge in [0.15, 0.2) is 11.6 Å². The van der Waals surface area contributed by atoms with Crippen LogP contribution in [0, 0.1) is 11.6 Å². The third-order valence-corrected chi connectivity index (χ3v) is 1.68. The van der Waals surface area contributed by atoms with Gasteiger partial charge in [-0.3, -0.25) is 0 Å². The topological polar surface area (TPSA) is 38.4 Å². The number of nitrogens with zero attached hydrogens (tertiary/aromatic N) is 1. The van der Waals surface area contributed by atoms with Gasteiger partial charge in [0, 0.05) is 12.5 Å². The summed E-state index contributed by atoms with van der Waals surface area (Å²) in [5.74, 6) is -1.35. The van der Waals surface area contributed by atoms with E-state index < -0.39 is 11.6 Å². The predicted molar refractivity (Wildman–Crippen MR) is 52.5 cm³/mol. The van der Waals surface area contributed by atoms with Gasteiger partial charge in [-0.05, 0) is 18.6 Å². The Morgan fingerprint density at radius 1 is 1.36 bits per heavy atom. The Hall–Kier alpha value is -1.45. The van der Waals surface area contributed by atoms with E-state index in [0.29, 0.717) is 17.9 Å². The summed E-state index contributed by atoms with van der Waals surface area (Å²) in [4.78, 5) is 3.94. The van der Waals surface area contributed by atoms with Crippen LogP contribution in [0.1, 0.15) is 19.8 Å². The molecule has 0 radical (unpaired) electrons. The van der Waals surface area contributed by atoms with E-state index in [1.807, 2.05) is 6.92 Å². The second-order valence-corrected chi connectivity index (χ2v) is 2.95. The van der Waals surface area contributed by atoms with E-state index in [1.54, 1.807) is 0 Å². The molecule has 0 aliphatic carbocycles. The molecule has 0 aromatic heterocycles. The highest BCUT2D eigenvalue weighted by Crippen LogP contribution is 2.16. The molecule has 2 N–H and O–H groups in total. The van der Waals surface area contributed by atoms with Crippen LogP contribution < -0.4 is 5.73 Å². The number of rotatable bonds is 3. The Balaban J connectivity index is 2.87. The molecule has 0 aliphatic heterocycles. The molecule has 1 aromatic carbocycles. The molecule has 0 atom stereocenters. The van der Waals surface area contributed by atoms with E-state index >= 15 is 0 Å². The van der Waals surface area contributed by atoms with Gasteiger partial charge in [-0.15, -0.1) is 0 Å². The SMILES string of the molecule is CCCC(N)=Nc1ccc(F)c(F)c1. The van der Waals surface area contributed by atoms with Crippen LogP contribution in [0.15, 0.2) is 23.2 Å². The first-order valence-corrected chi connectivity index (χ1v) is 4.41. The van der Waals surface area contributed by atoms with E-state index in [-0.39, 0.29) is 0 Å².